The maximum absolute atomic E-state index is 13.5. The Bertz CT molecular complexity index is 936. The number of hydrogen-bond donors (Lipinski definition) is 2. The molecule has 0 radical (unpaired) electrons. The number of nitrogens with one attached hydrogen (secondary N) is 1. The minimum Gasteiger partial charge on any atom is -0.369 e. The van der Waals surface area contributed by atoms with E-state index in [0.717, 1.165) is 24.3 Å². The molecular formula is C18H13ClF3N3O3. The van der Waals surface area contributed by atoms with Gasteiger partial charge in [-0.15, -0.1) is 0 Å². The average Bonchev–Trinajstić information content (AvgIpc) is 2.65. The molecule has 3 rings (SSSR count). The molecule has 0 fully saturated rings. The Morgan fingerprint density at radius 2 is 1.86 bits per heavy atom. The lowest BCUT2D eigenvalue weighted by Gasteiger charge is -2.29. The normalized spacial score (nSPS) is 20.8. The third kappa shape index (κ3) is 3.63. The topological polar surface area (TPSA) is 91.1 Å². The van der Waals surface area contributed by atoms with Crippen molar-refractivity contribution in [2.24, 2.45) is 15.9 Å². The highest BCUT2D eigenvalue weighted by Crippen LogP contribution is 2.39. The minimum absolute atomic E-state index is 0.142. The number of aliphatic imine (C=N–C) groups is 2. The van der Waals surface area contributed by atoms with Crippen LogP contribution in [0.2, 0.25) is 5.02 Å². The second kappa shape index (κ2) is 7.33. The Balaban J connectivity index is 1.81. The van der Waals surface area contributed by atoms with Crippen LogP contribution in [0, 0.1) is 5.92 Å². The van der Waals surface area contributed by atoms with Gasteiger partial charge in [0.25, 0.3) is 17.4 Å². The van der Waals surface area contributed by atoms with Crippen LogP contribution in [0.4, 0.5) is 13.2 Å². The van der Waals surface area contributed by atoms with Gasteiger partial charge in [0.15, 0.2) is 5.84 Å². The maximum atomic E-state index is 13.5. The van der Waals surface area contributed by atoms with Crippen LogP contribution in [0.1, 0.15) is 5.56 Å². The standard InChI is InChI=1S/C18H13ClF3N3O3/c19-11-7-5-10(6-8-11)17(28,18(20,21)22)16(27)23-9-14-24-13-4-2-1-3-12(13)15(26)25-14/h1-8,12,28H,9H2,(H,23,27). The smallest absolute Gasteiger partial charge is 0.369 e. The largest absolute Gasteiger partial charge is 0.430 e. The van der Waals surface area contributed by atoms with Crippen LogP contribution in [0.3, 0.4) is 0 Å². The van der Waals surface area contributed by atoms with Crippen LogP contribution >= 0.6 is 11.6 Å². The number of carbonyl (C=O) groups is 2. The molecule has 0 saturated heterocycles. The lowest BCUT2D eigenvalue weighted by atomic mass is 9.92. The minimum atomic E-state index is -5.30. The summed E-state index contributed by atoms with van der Waals surface area (Å²) in [4.78, 5) is 32.0. The summed E-state index contributed by atoms with van der Waals surface area (Å²) in [5.41, 5.74) is -4.13. The van der Waals surface area contributed by atoms with Crippen LogP contribution in [0.25, 0.3) is 0 Å². The predicted molar refractivity (Wildman–Crippen MR) is 96.1 cm³/mol. The van der Waals surface area contributed by atoms with E-state index < -0.39 is 41.6 Å². The van der Waals surface area contributed by atoms with Crippen molar-refractivity contribution in [2.75, 3.05) is 6.54 Å². The molecule has 6 nitrogen and oxygen atoms in total. The summed E-state index contributed by atoms with van der Waals surface area (Å²) in [7, 11) is 0. The van der Waals surface area contributed by atoms with Gasteiger partial charge in [-0.2, -0.15) is 18.2 Å². The monoisotopic (exact) mass is 411 g/mol. The van der Waals surface area contributed by atoms with Crippen LogP contribution in [0.15, 0.2) is 58.6 Å². The number of amides is 2. The summed E-state index contributed by atoms with van der Waals surface area (Å²) in [6, 6.07) is 4.06. The molecule has 2 aliphatic rings. The van der Waals surface area contributed by atoms with E-state index in [9.17, 15) is 27.9 Å². The highest BCUT2D eigenvalue weighted by molar-refractivity contribution is 6.30. The summed E-state index contributed by atoms with van der Waals surface area (Å²) in [6.07, 6.45) is 1.15. The summed E-state index contributed by atoms with van der Waals surface area (Å²) in [6.45, 7) is -0.565. The van der Waals surface area contributed by atoms with E-state index in [1.807, 2.05) is 5.32 Å². The van der Waals surface area contributed by atoms with Gasteiger partial charge in [-0.3, -0.25) is 9.59 Å². The number of rotatable bonds is 4. The van der Waals surface area contributed by atoms with Crippen molar-refractivity contribution in [1.82, 2.24) is 5.32 Å². The van der Waals surface area contributed by atoms with E-state index in [0.29, 0.717) is 5.71 Å². The molecule has 2 unspecified atom stereocenters. The van der Waals surface area contributed by atoms with E-state index in [-0.39, 0.29) is 10.9 Å². The highest BCUT2D eigenvalue weighted by Gasteiger charge is 2.60. The Morgan fingerprint density at radius 1 is 1.18 bits per heavy atom. The van der Waals surface area contributed by atoms with Crippen molar-refractivity contribution < 1.29 is 27.9 Å². The summed E-state index contributed by atoms with van der Waals surface area (Å²) in [5, 5.41) is 12.3. The third-order valence-corrected chi connectivity index (χ3v) is 4.42. The number of hydrogen-bond acceptors (Lipinski definition) is 4. The number of carbonyl (C=O) groups excluding carboxylic acids is 2. The van der Waals surface area contributed by atoms with Crippen LogP contribution in [-0.2, 0) is 15.2 Å². The van der Waals surface area contributed by atoms with E-state index >= 15 is 0 Å². The van der Waals surface area contributed by atoms with Gasteiger partial charge in [0, 0.05) is 10.6 Å². The fraction of sp³-hybridized carbons (Fsp3) is 0.222. The van der Waals surface area contributed by atoms with E-state index in [4.69, 9.17) is 11.6 Å². The average molecular weight is 412 g/mol. The molecule has 1 aliphatic carbocycles. The summed E-state index contributed by atoms with van der Waals surface area (Å²) < 4.78 is 40.6. The zero-order chi connectivity index (χ0) is 20.5. The second-order valence-corrected chi connectivity index (χ2v) is 6.46. The van der Waals surface area contributed by atoms with E-state index in [1.165, 1.54) is 0 Å². The fourth-order valence-electron chi connectivity index (χ4n) is 2.70. The Labute approximate surface area is 162 Å². The van der Waals surface area contributed by atoms with Gasteiger partial charge in [0.1, 0.15) is 5.92 Å². The molecule has 1 aromatic carbocycles. The van der Waals surface area contributed by atoms with Gasteiger partial charge in [-0.05, 0) is 18.2 Å². The third-order valence-electron chi connectivity index (χ3n) is 4.17. The van der Waals surface area contributed by atoms with Crippen LogP contribution in [0.5, 0.6) is 0 Å². The Kier molecular flexibility index (Phi) is 5.22. The first-order chi connectivity index (χ1) is 13.1. The van der Waals surface area contributed by atoms with Crippen molar-refractivity contribution in [3.8, 4) is 0 Å². The first-order valence-electron chi connectivity index (χ1n) is 8.01. The van der Waals surface area contributed by atoms with Crippen molar-refractivity contribution in [3.63, 3.8) is 0 Å². The zero-order valence-corrected chi connectivity index (χ0v) is 14.8. The molecule has 0 aromatic heterocycles. The number of halogens is 4. The molecule has 146 valence electrons. The number of amidine groups is 1. The predicted octanol–water partition coefficient (Wildman–Crippen LogP) is 2.33. The van der Waals surface area contributed by atoms with Crippen molar-refractivity contribution in [1.29, 1.82) is 0 Å². The molecule has 2 amide bonds. The first-order valence-corrected chi connectivity index (χ1v) is 8.39. The quantitative estimate of drug-likeness (QED) is 0.796. The lowest BCUT2D eigenvalue weighted by Crippen LogP contribution is -2.55. The van der Waals surface area contributed by atoms with Crippen molar-refractivity contribution >= 4 is 35.0 Å². The highest BCUT2D eigenvalue weighted by atomic mass is 35.5. The SMILES string of the molecule is O=C1N=C(CNC(=O)C(O)(c2ccc(Cl)cc2)C(F)(F)F)N=C2C=CC=CC12. The molecular weight excluding hydrogens is 399 g/mol. The van der Waals surface area contributed by atoms with E-state index in [2.05, 4.69) is 9.98 Å². The first kappa shape index (κ1) is 20.0. The Hall–Kier alpha value is -2.78. The number of allylic oxidation sites excluding steroid dienone is 3. The number of nitrogens with zero attached hydrogens (tertiary/aromatic N) is 2. The molecule has 28 heavy (non-hydrogen) atoms. The molecule has 10 heteroatoms. The molecule has 2 N–H and O–H groups in total. The van der Waals surface area contributed by atoms with Gasteiger partial charge in [-0.25, -0.2) is 4.99 Å². The zero-order valence-electron chi connectivity index (χ0n) is 14.1. The van der Waals surface area contributed by atoms with Crippen LogP contribution in [-0.4, -0.2) is 41.2 Å². The summed E-state index contributed by atoms with van der Waals surface area (Å²) in [5.74, 6) is -3.08. The Morgan fingerprint density at radius 3 is 2.50 bits per heavy atom. The summed E-state index contributed by atoms with van der Waals surface area (Å²) >= 11 is 5.65. The number of benzene rings is 1. The van der Waals surface area contributed by atoms with Crippen molar-refractivity contribution in [3.05, 3.63) is 59.2 Å². The number of fused-ring (bicyclic) bond motifs is 1. The van der Waals surface area contributed by atoms with Gasteiger partial charge in [0.05, 0.1) is 12.3 Å². The molecule has 1 aromatic rings. The molecule has 0 spiro atoms. The fourth-order valence-corrected chi connectivity index (χ4v) is 2.82. The molecule has 0 bridgehead atoms. The molecule has 1 heterocycles. The van der Waals surface area contributed by atoms with Gasteiger partial charge in [-0.1, -0.05) is 42.0 Å². The number of aliphatic hydroxyl groups is 1. The van der Waals surface area contributed by atoms with Crippen LogP contribution < -0.4 is 5.32 Å². The van der Waals surface area contributed by atoms with Gasteiger partial charge >= 0.3 is 6.18 Å². The number of alkyl halides is 3. The van der Waals surface area contributed by atoms with Gasteiger partial charge < -0.3 is 10.4 Å². The van der Waals surface area contributed by atoms with E-state index in [1.54, 1.807) is 24.3 Å². The molecule has 1 aliphatic heterocycles. The molecule has 2 atom stereocenters. The van der Waals surface area contributed by atoms with Gasteiger partial charge in [0.2, 0.25) is 0 Å². The lowest BCUT2D eigenvalue weighted by molar-refractivity contribution is -0.256. The van der Waals surface area contributed by atoms with Crippen molar-refractivity contribution in [2.45, 2.75) is 11.8 Å². The second-order valence-electron chi connectivity index (χ2n) is 6.02. The maximum Gasteiger partial charge on any atom is 0.430 e. The molecule has 0 saturated carbocycles.